The van der Waals surface area contributed by atoms with Gasteiger partial charge in [0.05, 0.1) is 6.54 Å². The van der Waals surface area contributed by atoms with E-state index in [1.165, 1.54) is 11.3 Å². The van der Waals surface area contributed by atoms with Crippen LogP contribution in [0.2, 0.25) is 0 Å². The average Bonchev–Trinajstić information content (AvgIpc) is 2.99. The van der Waals surface area contributed by atoms with E-state index in [-0.39, 0.29) is 17.7 Å². The molecule has 6 heteroatoms. The zero-order chi connectivity index (χ0) is 17.2. The SMILES string of the molecule is CCCCNC(=O)c1csc(CN(CCCC)C(=O)C(C)C)n1. The number of hydrogen-bond acceptors (Lipinski definition) is 4. The fourth-order valence-corrected chi connectivity index (χ4v) is 2.89. The summed E-state index contributed by atoms with van der Waals surface area (Å²) in [6, 6.07) is 0. The lowest BCUT2D eigenvalue weighted by Gasteiger charge is -2.23. The van der Waals surface area contributed by atoms with E-state index in [1.54, 1.807) is 5.38 Å². The minimum atomic E-state index is -0.128. The van der Waals surface area contributed by atoms with E-state index < -0.39 is 0 Å². The molecule has 23 heavy (non-hydrogen) atoms. The van der Waals surface area contributed by atoms with Gasteiger partial charge in [-0.05, 0) is 12.8 Å². The number of nitrogens with zero attached hydrogens (tertiary/aromatic N) is 2. The Balaban J connectivity index is 2.66. The lowest BCUT2D eigenvalue weighted by atomic mass is 10.2. The standard InChI is InChI=1S/C17H29N3O2S/c1-5-7-9-18-16(21)14-12-23-15(19-14)11-20(10-8-6-2)17(22)13(3)4/h12-13H,5-11H2,1-4H3,(H,18,21). The van der Waals surface area contributed by atoms with Gasteiger partial charge in [-0.3, -0.25) is 9.59 Å². The number of unbranched alkanes of at least 4 members (excludes halogenated alkanes) is 2. The third-order valence-corrected chi connectivity index (χ3v) is 4.35. The van der Waals surface area contributed by atoms with Crippen molar-refractivity contribution in [1.29, 1.82) is 0 Å². The zero-order valence-corrected chi connectivity index (χ0v) is 15.5. The summed E-state index contributed by atoms with van der Waals surface area (Å²) in [5.41, 5.74) is 0.452. The molecule has 0 aliphatic carbocycles. The number of carbonyl (C=O) groups is 2. The van der Waals surface area contributed by atoms with Crippen LogP contribution in [-0.4, -0.2) is 34.8 Å². The Morgan fingerprint density at radius 1 is 1.26 bits per heavy atom. The molecule has 1 heterocycles. The first-order chi connectivity index (χ1) is 11.0. The number of carbonyl (C=O) groups excluding carboxylic acids is 2. The van der Waals surface area contributed by atoms with Crippen molar-refractivity contribution in [1.82, 2.24) is 15.2 Å². The van der Waals surface area contributed by atoms with Crippen molar-refractivity contribution in [3.05, 3.63) is 16.1 Å². The highest BCUT2D eigenvalue weighted by Gasteiger charge is 2.19. The van der Waals surface area contributed by atoms with Crippen molar-refractivity contribution in [2.24, 2.45) is 5.92 Å². The number of nitrogens with one attached hydrogen (secondary N) is 1. The van der Waals surface area contributed by atoms with Crippen LogP contribution in [0.4, 0.5) is 0 Å². The first-order valence-electron chi connectivity index (χ1n) is 8.50. The molecule has 0 atom stereocenters. The molecule has 0 bridgehead atoms. The maximum Gasteiger partial charge on any atom is 0.270 e. The minimum absolute atomic E-state index is 0.0244. The molecule has 0 unspecified atom stereocenters. The van der Waals surface area contributed by atoms with E-state index in [0.29, 0.717) is 18.8 Å². The summed E-state index contributed by atoms with van der Waals surface area (Å²) in [6.07, 6.45) is 4.04. The Labute approximate surface area is 143 Å². The molecule has 5 nitrogen and oxygen atoms in total. The molecule has 0 fully saturated rings. The van der Waals surface area contributed by atoms with Crippen LogP contribution in [0.25, 0.3) is 0 Å². The number of amides is 2. The number of aromatic nitrogens is 1. The smallest absolute Gasteiger partial charge is 0.270 e. The van der Waals surface area contributed by atoms with Crippen LogP contribution in [0, 0.1) is 5.92 Å². The largest absolute Gasteiger partial charge is 0.351 e. The van der Waals surface area contributed by atoms with Crippen LogP contribution in [0.5, 0.6) is 0 Å². The molecular weight excluding hydrogens is 310 g/mol. The first kappa shape index (κ1) is 19.6. The predicted molar refractivity (Wildman–Crippen MR) is 94.5 cm³/mol. The molecule has 1 aromatic rings. The van der Waals surface area contributed by atoms with Crippen LogP contribution in [0.1, 0.15) is 68.9 Å². The summed E-state index contributed by atoms with van der Waals surface area (Å²) in [4.78, 5) is 30.5. The second kappa shape index (κ2) is 10.4. The quantitative estimate of drug-likeness (QED) is 0.664. The van der Waals surface area contributed by atoms with Crippen molar-refractivity contribution in [3.63, 3.8) is 0 Å². The van der Waals surface area contributed by atoms with Crippen LogP contribution < -0.4 is 5.32 Å². The summed E-state index contributed by atoms with van der Waals surface area (Å²) < 4.78 is 0. The molecule has 1 aromatic heterocycles. The van der Waals surface area contributed by atoms with Gasteiger partial charge in [-0.25, -0.2) is 4.98 Å². The van der Waals surface area contributed by atoms with Crippen LogP contribution in [-0.2, 0) is 11.3 Å². The van der Waals surface area contributed by atoms with Gasteiger partial charge in [-0.2, -0.15) is 0 Å². The number of rotatable bonds is 10. The molecule has 1 N–H and O–H groups in total. The van der Waals surface area contributed by atoms with Crippen molar-refractivity contribution >= 4 is 23.2 Å². The van der Waals surface area contributed by atoms with E-state index in [4.69, 9.17) is 0 Å². The molecule has 0 aromatic carbocycles. The second-order valence-corrected chi connectivity index (χ2v) is 6.95. The molecule has 2 amide bonds. The first-order valence-corrected chi connectivity index (χ1v) is 9.38. The van der Waals surface area contributed by atoms with Gasteiger partial charge < -0.3 is 10.2 Å². The number of hydrogen-bond donors (Lipinski definition) is 1. The second-order valence-electron chi connectivity index (χ2n) is 6.00. The van der Waals surface area contributed by atoms with Gasteiger partial charge in [-0.15, -0.1) is 11.3 Å². The van der Waals surface area contributed by atoms with E-state index >= 15 is 0 Å². The summed E-state index contributed by atoms with van der Waals surface area (Å²) in [5, 5.41) is 5.45. The van der Waals surface area contributed by atoms with Crippen LogP contribution >= 0.6 is 11.3 Å². The van der Waals surface area contributed by atoms with E-state index in [1.807, 2.05) is 18.7 Å². The summed E-state index contributed by atoms with van der Waals surface area (Å²) in [6.45, 7) is 9.93. The maximum absolute atomic E-state index is 12.3. The lowest BCUT2D eigenvalue weighted by Crippen LogP contribution is -2.34. The lowest BCUT2D eigenvalue weighted by molar-refractivity contribution is -0.135. The minimum Gasteiger partial charge on any atom is -0.351 e. The van der Waals surface area contributed by atoms with E-state index in [0.717, 1.165) is 37.2 Å². The molecule has 130 valence electrons. The van der Waals surface area contributed by atoms with Crippen LogP contribution in [0.3, 0.4) is 0 Å². The van der Waals surface area contributed by atoms with E-state index in [9.17, 15) is 9.59 Å². The highest BCUT2D eigenvalue weighted by molar-refractivity contribution is 7.09. The topological polar surface area (TPSA) is 62.3 Å². The normalized spacial score (nSPS) is 10.8. The van der Waals surface area contributed by atoms with Crippen LogP contribution in [0.15, 0.2) is 5.38 Å². The fraction of sp³-hybridized carbons (Fsp3) is 0.706. The summed E-state index contributed by atoms with van der Waals surface area (Å²) in [7, 11) is 0. The third-order valence-electron chi connectivity index (χ3n) is 3.51. The van der Waals surface area contributed by atoms with Gasteiger partial charge >= 0.3 is 0 Å². The van der Waals surface area contributed by atoms with Gasteiger partial charge in [0.25, 0.3) is 5.91 Å². The fourth-order valence-electron chi connectivity index (χ4n) is 2.10. The Morgan fingerprint density at radius 2 is 1.96 bits per heavy atom. The Bertz CT molecular complexity index is 500. The molecular formula is C17H29N3O2S. The van der Waals surface area contributed by atoms with Crippen molar-refractivity contribution < 1.29 is 9.59 Å². The van der Waals surface area contributed by atoms with Gasteiger partial charge in [0.15, 0.2) is 0 Å². The zero-order valence-electron chi connectivity index (χ0n) is 14.7. The molecule has 1 rings (SSSR count). The van der Waals surface area contributed by atoms with Gasteiger partial charge in [-0.1, -0.05) is 40.5 Å². The van der Waals surface area contributed by atoms with E-state index in [2.05, 4.69) is 24.1 Å². The maximum atomic E-state index is 12.3. The Hall–Kier alpha value is -1.43. The molecule has 0 radical (unpaired) electrons. The molecule has 0 aliphatic rings. The summed E-state index contributed by atoms with van der Waals surface area (Å²) >= 11 is 1.44. The van der Waals surface area contributed by atoms with Crippen molar-refractivity contribution in [2.75, 3.05) is 13.1 Å². The Morgan fingerprint density at radius 3 is 2.57 bits per heavy atom. The predicted octanol–water partition coefficient (Wildman–Crippen LogP) is 3.46. The highest BCUT2D eigenvalue weighted by Crippen LogP contribution is 2.15. The molecule has 0 saturated heterocycles. The third kappa shape index (κ3) is 6.69. The molecule has 0 spiro atoms. The van der Waals surface area contributed by atoms with Gasteiger partial charge in [0.2, 0.25) is 5.91 Å². The van der Waals surface area contributed by atoms with Crippen molar-refractivity contribution in [2.45, 2.75) is 59.9 Å². The summed E-state index contributed by atoms with van der Waals surface area (Å²) in [5.74, 6) is -0.0116. The monoisotopic (exact) mass is 339 g/mol. The van der Waals surface area contributed by atoms with Gasteiger partial charge in [0, 0.05) is 24.4 Å². The Kier molecular flexibility index (Phi) is 8.84. The van der Waals surface area contributed by atoms with Gasteiger partial charge in [0.1, 0.15) is 10.7 Å². The molecule has 0 aliphatic heterocycles. The average molecular weight is 340 g/mol. The highest BCUT2D eigenvalue weighted by atomic mass is 32.1. The van der Waals surface area contributed by atoms with Crippen molar-refractivity contribution in [3.8, 4) is 0 Å². The molecule has 0 saturated carbocycles. The number of thiazole rings is 1.